The third kappa shape index (κ3) is 5.70. The first-order valence-electron chi connectivity index (χ1n) is 8.91. The largest absolute Gasteiger partial charge is 0.364 e. The number of benzene rings is 1. The molecule has 1 fully saturated rings. The quantitative estimate of drug-likeness (QED) is 0.400. The standard InChI is InChI=1S/C19H27N5O.HI/c1-15(16-6-4-3-5-7-16)24-11-8-17(9-12-24)22-19(20-2)21-14-18-10-13-25-23-18;/h3-7,10,13,15,17H,8-9,11-12,14H2,1-2H3,(H2,20,21,22);1H. The van der Waals surface area contributed by atoms with Crippen LogP contribution in [0.15, 0.2) is 52.2 Å². The number of aliphatic imine (C=N–C) groups is 1. The van der Waals surface area contributed by atoms with E-state index in [0.717, 1.165) is 37.6 Å². The van der Waals surface area contributed by atoms with Gasteiger partial charge in [0.15, 0.2) is 5.96 Å². The van der Waals surface area contributed by atoms with E-state index in [9.17, 15) is 0 Å². The molecule has 7 heteroatoms. The monoisotopic (exact) mass is 469 g/mol. The summed E-state index contributed by atoms with van der Waals surface area (Å²) in [6, 6.07) is 13.5. The van der Waals surface area contributed by atoms with Crippen molar-refractivity contribution in [3.63, 3.8) is 0 Å². The molecule has 1 unspecified atom stereocenters. The molecule has 0 amide bonds. The molecule has 0 spiro atoms. The molecule has 0 radical (unpaired) electrons. The third-order valence-corrected chi connectivity index (χ3v) is 4.85. The molecule has 0 aliphatic carbocycles. The van der Waals surface area contributed by atoms with Gasteiger partial charge in [0.2, 0.25) is 0 Å². The van der Waals surface area contributed by atoms with E-state index in [-0.39, 0.29) is 24.0 Å². The van der Waals surface area contributed by atoms with Gasteiger partial charge in [-0.2, -0.15) is 0 Å². The maximum Gasteiger partial charge on any atom is 0.191 e. The van der Waals surface area contributed by atoms with Crippen molar-refractivity contribution in [3.05, 3.63) is 53.9 Å². The van der Waals surface area contributed by atoms with Crippen LogP contribution in [0.5, 0.6) is 0 Å². The van der Waals surface area contributed by atoms with Crippen LogP contribution in [-0.2, 0) is 6.54 Å². The van der Waals surface area contributed by atoms with Crippen LogP contribution in [-0.4, -0.2) is 42.2 Å². The van der Waals surface area contributed by atoms with Crippen LogP contribution in [0.2, 0.25) is 0 Å². The van der Waals surface area contributed by atoms with Gasteiger partial charge in [0, 0.05) is 38.3 Å². The molecule has 3 rings (SSSR count). The molecule has 1 aromatic heterocycles. The molecule has 1 aromatic carbocycles. The SMILES string of the molecule is CN=C(NCc1ccon1)NC1CCN(C(C)c2ccccc2)CC1.I. The van der Waals surface area contributed by atoms with E-state index in [2.05, 4.69) is 62.9 Å². The Labute approximate surface area is 172 Å². The number of nitrogens with one attached hydrogen (secondary N) is 2. The zero-order valence-electron chi connectivity index (χ0n) is 15.4. The summed E-state index contributed by atoms with van der Waals surface area (Å²) in [7, 11) is 1.80. The topological polar surface area (TPSA) is 65.7 Å². The van der Waals surface area contributed by atoms with Gasteiger partial charge in [-0.3, -0.25) is 9.89 Å². The van der Waals surface area contributed by atoms with Crippen LogP contribution in [0.4, 0.5) is 0 Å². The minimum absolute atomic E-state index is 0. The predicted molar refractivity (Wildman–Crippen MR) is 115 cm³/mol. The number of aromatic nitrogens is 1. The predicted octanol–water partition coefficient (Wildman–Crippen LogP) is 3.18. The zero-order valence-corrected chi connectivity index (χ0v) is 17.7. The lowest BCUT2D eigenvalue weighted by Crippen LogP contribution is -2.48. The molecule has 2 aromatic rings. The molecule has 142 valence electrons. The van der Waals surface area contributed by atoms with Crippen LogP contribution >= 0.6 is 24.0 Å². The molecule has 2 N–H and O–H groups in total. The summed E-state index contributed by atoms with van der Waals surface area (Å²) in [4.78, 5) is 6.86. The lowest BCUT2D eigenvalue weighted by molar-refractivity contribution is 0.158. The normalized spacial score (nSPS) is 17.4. The molecule has 1 atom stereocenters. The Hall–Kier alpha value is -1.61. The maximum atomic E-state index is 4.85. The summed E-state index contributed by atoms with van der Waals surface area (Å²) < 4.78 is 4.85. The van der Waals surface area contributed by atoms with E-state index in [4.69, 9.17) is 4.52 Å². The van der Waals surface area contributed by atoms with E-state index in [1.165, 1.54) is 5.56 Å². The van der Waals surface area contributed by atoms with E-state index < -0.39 is 0 Å². The number of rotatable bonds is 5. The summed E-state index contributed by atoms with van der Waals surface area (Å²) >= 11 is 0. The van der Waals surface area contributed by atoms with Gasteiger partial charge in [-0.15, -0.1) is 24.0 Å². The summed E-state index contributed by atoms with van der Waals surface area (Å²) in [5, 5.41) is 10.7. The Bertz CT molecular complexity index is 654. The molecule has 6 nitrogen and oxygen atoms in total. The van der Waals surface area contributed by atoms with Crippen molar-refractivity contribution in [1.29, 1.82) is 0 Å². The minimum Gasteiger partial charge on any atom is -0.364 e. The maximum absolute atomic E-state index is 4.85. The first-order valence-corrected chi connectivity index (χ1v) is 8.91. The van der Waals surface area contributed by atoms with Crippen molar-refractivity contribution in [2.75, 3.05) is 20.1 Å². The van der Waals surface area contributed by atoms with Gasteiger partial charge in [-0.1, -0.05) is 35.5 Å². The van der Waals surface area contributed by atoms with Gasteiger partial charge in [0.1, 0.15) is 12.0 Å². The number of likely N-dealkylation sites (tertiary alicyclic amines) is 1. The van der Waals surface area contributed by atoms with Gasteiger partial charge in [0.25, 0.3) is 0 Å². The summed E-state index contributed by atoms with van der Waals surface area (Å²) in [6.07, 6.45) is 3.81. The molecule has 26 heavy (non-hydrogen) atoms. The molecule has 0 saturated carbocycles. The molecule has 0 bridgehead atoms. The van der Waals surface area contributed by atoms with Gasteiger partial charge < -0.3 is 15.2 Å². The second kappa shape index (κ2) is 10.5. The summed E-state index contributed by atoms with van der Waals surface area (Å²) in [5.41, 5.74) is 2.26. The number of hydrogen-bond donors (Lipinski definition) is 2. The van der Waals surface area contributed by atoms with Crippen molar-refractivity contribution in [2.45, 2.75) is 38.4 Å². The average molecular weight is 469 g/mol. The number of piperidine rings is 1. The highest BCUT2D eigenvalue weighted by Crippen LogP contribution is 2.23. The van der Waals surface area contributed by atoms with Crippen LogP contribution in [0, 0.1) is 0 Å². The second-order valence-electron chi connectivity index (χ2n) is 6.46. The second-order valence-corrected chi connectivity index (χ2v) is 6.46. The van der Waals surface area contributed by atoms with E-state index in [1.54, 1.807) is 13.3 Å². The Kier molecular flexibility index (Phi) is 8.37. The number of halogens is 1. The fourth-order valence-corrected chi connectivity index (χ4v) is 3.26. The van der Waals surface area contributed by atoms with Crippen molar-refractivity contribution in [1.82, 2.24) is 20.7 Å². The van der Waals surface area contributed by atoms with Crippen molar-refractivity contribution in [2.24, 2.45) is 4.99 Å². The van der Waals surface area contributed by atoms with Gasteiger partial charge in [-0.25, -0.2) is 0 Å². The lowest BCUT2D eigenvalue weighted by Gasteiger charge is -2.37. The van der Waals surface area contributed by atoms with Crippen molar-refractivity contribution in [3.8, 4) is 0 Å². The fraction of sp³-hybridized carbons (Fsp3) is 0.474. The van der Waals surface area contributed by atoms with Gasteiger partial charge in [0.05, 0.1) is 6.54 Å². The average Bonchev–Trinajstić information content (AvgIpc) is 3.19. The lowest BCUT2D eigenvalue weighted by atomic mass is 10.0. The Morgan fingerprint density at radius 1 is 1.27 bits per heavy atom. The van der Waals surface area contributed by atoms with Crippen molar-refractivity contribution >= 4 is 29.9 Å². The Balaban J connectivity index is 0.00000243. The molecule has 1 aliphatic rings. The first kappa shape index (κ1) is 20.7. The molecule has 1 aliphatic heterocycles. The molecular formula is C19H28IN5O. The molecular weight excluding hydrogens is 441 g/mol. The van der Waals surface area contributed by atoms with Crippen molar-refractivity contribution < 1.29 is 4.52 Å². The zero-order chi connectivity index (χ0) is 17.5. The number of hydrogen-bond acceptors (Lipinski definition) is 4. The van der Waals surface area contributed by atoms with Crippen LogP contribution in [0.25, 0.3) is 0 Å². The highest BCUT2D eigenvalue weighted by atomic mass is 127. The van der Waals surface area contributed by atoms with E-state index in [1.807, 2.05) is 6.07 Å². The van der Waals surface area contributed by atoms with E-state index in [0.29, 0.717) is 18.6 Å². The van der Waals surface area contributed by atoms with Crippen LogP contribution < -0.4 is 10.6 Å². The molecule has 1 saturated heterocycles. The highest BCUT2D eigenvalue weighted by Gasteiger charge is 2.23. The van der Waals surface area contributed by atoms with Crippen LogP contribution in [0.1, 0.15) is 37.1 Å². The Morgan fingerprint density at radius 2 is 2.00 bits per heavy atom. The summed E-state index contributed by atoms with van der Waals surface area (Å²) in [6.45, 7) is 5.09. The van der Waals surface area contributed by atoms with Crippen LogP contribution in [0.3, 0.4) is 0 Å². The number of nitrogens with zero attached hydrogens (tertiary/aromatic N) is 3. The smallest absolute Gasteiger partial charge is 0.191 e. The van der Waals surface area contributed by atoms with Gasteiger partial charge >= 0.3 is 0 Å². The number of guanidine groups is 1. The fourth-order valence-electron chi connectivity index (χ4n) is 3.26. The summed E-state index contributed by atoms with van der Waals surface area (Å²) in [5.74, 6) is 0.817. The molecule has 2 heterocycles. The van der Waals surface area contributed by atoms with E-state index >= 15 is 0 Å². The third-order valence-electron chi connectivity index (χ3n) is 4.85. The highest BCUT2D eigenvalue weighted by molar-refractivity contribution is 14.0. The van der Waals surface area contributed by atoms with Gasteiger partial charge in [-0.05, 0) is 25.3 Å². The minimum atomic E-state index is 0. The Morgan fingerprint density at radius 3 is 2.62 bits per heavy atom. The first-order chi connectivity index (χ1) is 12.3.